The van der Waals surface area contributed by atoms with Crippen LogP contribution in [-0.4, -0.2) is 31.6 Å². The number of ether oxygens (including phenoxy) is 3. The minimum atomic E-state index is -0.415. The van der Waals surface area contributed by atoms with Gasteiger partial charge in [-0.1, -0.05) is 12.5 Å². The summed E-state index contributed by atoms with van der Waals surface area (Å²) in [5.41, 5.74) is 0. The minimum Gasteiger partial charge on any atom is -0.466 e. The van der Waals surface area contributed by atoms with Crippen LogP contribution >= 0.6 is 0 Å². The van der Waals surface area contributed by atoms with Crippen molar-refractivity contribution in [1.29, 1.82) is 0 Å². The van der Waals surface area contributed by atoms with Gasteiger partial charge in [0.1, 0.15) is 0 Å². The van der Waals surface area contributed by atoms with Crippen LogP contribution in [0.4, 0.5) is 0 Å². The molecule has 1 heterocycles. The van der Waals surface area contributed by atoms with E-state index in [4.69, 9.17) is 14.2 Å². The van der Waals surface area contributed by atoms with Crippen LogP contribution < -0.4 is 0 Å². The fourth-order valence-corrected chi connectivity index (χ4v) is 2.71. The van der Waals surface area contributed by atoms with Crippen molar-refractivity contribution in [2.24, 2.45) is 5.92 Å². The van der Waals surface area contributed by atoms with E-state index in [0.29, 0.717) is 32.2 Å². The molecule has 0 amide bonds. The molecular weight excluding hydrogens is 244 g/mol. The molecule has 1 spiro atoms. The summed E-state index contributed by atoms with van der Waals surface area (Å²) in [5, 5.41) is 0. The normalized spacial score (nSPS) is 24.8. The summed E-state index contributed by atoms with van der Waals surface area (Å²) in [6.07, 6.45) is 10.0. The minimum absolute atomic E-state index is 0.0756. The third kappa shape index (κ3) is 4.32. The smallest absolute Gasteiger partial charge is 0.305 e. The Hall–Kier alpha value is -0.870. The van der Waals surface area contributed by atoms with Crippen LogP contribution in [0.15, 0.2) is 12.2 Å². The lowest BCUT2D eigenvalue weighted by Crippen LogP contribution is -2.31. The van der Waals surface area contributed by atoms with Gasteiger partial charge in [0.2, 0.25) is 0 Å². The van der Waals surface area contributed by atoms with Gasteiger partial charge in [0, 0.05) is 12.8 Å². The molecule has 108 valence electrons. The van der Waals surface area contributed by atoms with Crippen LogP contribution in [0, 0.1) is 5.92 Å². The van der Waals surface area contributed by atoms with E-state index >= 15 is 0 Å². The van der Waals surface area contributed by atoms with Gasteiger partial charge in [0.05, 0.1) is 19.8 Å². The van der Waals surface area contributed by atoms with Crippen LogP contribution in [0.25, 0.3) is 0 Å². The molecule has 1 unspecified atom stereocenters. The van der Waals surface area contributed by atoms with Crippen molar-refractivity contribution in [2.75, 3.05) is 19.8 Å². The number of rotatable bonds is 6. The molecule has 4 nitrogen and oxygen atoms in total. The molecule has 1 fully saturated rings. The van der Waals surface area contributed by atoms with Gasteiger partial charge in [0.25, 0.3) is 0 Å². The van der Waals surface area contributed by atoms with Gasteiger partial charge < -0.3 is 14.2 Å². The molecule has 2 aliphatic rings. The first kappa shape index (κ1) is 14.5. The van der Waals surface area contributed by atoms with Crippen LogP contribution in [-0.2, 0) is 19.0 Å². The van der Waals surface area contributed by atoms with E-state index in [0.717, 1.165) is 32.1 Å². The van der Waals surface area contributed by atoms with Gasteiger partial charge >= 0.3 is 5.97 Å². The Morgan fingerprint density at radius 3 is 2.79 bits per heavy atom. The molecule has 1 aliphatic carbocycles. The molecule has 2 rings (SSSR count). The second kappa shape index (κ2) is 7.06. The van der Waals surface area contributed by atoms with Gasteiger partial charge in [-0.05, 0) is 38.2 Å². The molecule has 0 aromatic heterocycles. The number of esters is 1. The van der Waals surface area contributed by atoms with Crippen molar-refractivity contribution < 1.29 is 19.0 Å². The van der Waals surface area contributed by atoms with Crippen LogP contribution in [0.5, 0.6) is 0 Å². The van der Waals surface area contributed by atoms with E-state index in [2.05, 4.69) is 12.2 Å². The van der Waals surface area contributed by atoms with Crippen molar-refractivity contribution in [3.63, 3.8) is 0 Å². The highest BCUT2D eigenvalue weighted by Gasteiger charge is 2.36. The van der Waals surface area contributed by atoms with Gasteiger partial charge in [-0.2, -0.15) is 0 Å². The van der Waals surface area contributed by atoms with Crippen LogP contribution in [0.1, 0.15) is 45.4 Å². The zero-order valence-corrected chi connectivity index (χ0v) is 11.7. The Morgan fingerprint density at radius 2 is 2.16 bits per heavy atom. The SMILES string of the molecule is CCOC(=O)CCCCC1C=CC2(CC1)OCCO2. The summed E-state index contributed by atoms with van der Waals surface area (Å²) in [4.78, 5) is 11.2. The molecule has 0 bridgehead atoms. The van der Waals surface area contributed by atoms with E-state index in [1.807, 2.05) is 6.92 Å². The van der Waals surface area contributed by atoms with Crippen molar-refractivity contribution in [2.45, 2.75) is 51.2 Å². The predicted molar refractivity (Wildman–Crippen MR) is 71.6 cm³/mol. The highest BCUT2D eigenvalue weighted by Crippen LogP contribution is 2.34. The molecule has 0 aromatic carbocycles. The van der Waals surface area contributed by atoms with E-state index < -0.39 is 5.79 Å². The van der Waals surface area contributed by atoms with Crippen molar-refractivity contribution in [1.82, 2.24) is 0 Å². The summed E-state index contributed by atoms with van der Waals surface area (Å²) in [6, 6.07) is 0. The monoisotopic (exact) mass is 268 g/mol. The fraction of sp³-hybridized carbons (Fsp3) is 0.800. The van der Waals surface area contributed by atoms with Crippen molar-refractivity contribution in [3.05, 3.63) is 12.2 Å². The average molecular weight is 268 g/mol. The fourth-order valence-electron chi connectivity index (χ4n) is 2.71. The Labute approximate surface area is 115 Å². The molecule has 4 heteroatoms. The summed E-state index contributed by atoms with van der Waals surface area (Å²) in [7, 11) is 0. The molecule has 19 heavy (non-hydrogen) atoms. The molecule has 0 saturated carbocycles. The summed E-state index contributed by atoms with van der Waals surface area (Å²) in [5.74, 6) is 0.107. The first-order valence-electron chi connectivity index (χ1n) is 7.37. The number of carbonyl (C=O) groups is 1. The number of allylic oxidation sites excluding steroid dienone is 1. The van der Waals surface area contributed by atoms with Crippen LogP contribution in [0.3, 0.4) is 0 Å². The Balaban J connectivity index is 1.61. The zero-order chi connectivity index (χ0) is 13.6. The second-order valence-corrected chi connectivity index (χ2v) is 5.22. The van der Waals surface area contributed by atoms with Gasteiger partial charge in [0.15, 0.2) is 5.79 Å². The van der Waals surface area contributed by atoms with E-state index in [-0.39, 0.29) is 5.97 Å². The number of unbranched alkanes of at least 4 members (excludes halogenated alkanes) is 1. The highest BCUT2D eigenvalue weighted by molar-refractivity contribution is 5.69. The topological polar surface area (TPSA) is 44.8 Å². The largest absolute Gasteiger partial charge is 0.466 e. The first-order chi connectivity index (χ1) is 9.24. The molecule has 1 atom stereocenters. The molecule has 1 aliphatic heterocycles. The number of hydrogen-bond acceptors (Lipinski definition) is 4. The maximum atomic E-state index is 11.2. The average Bonchev–Trinajstić information content (AvgIpc) is 2.86. The van der Waals surface area contributed by atoms with Gasteiger partial charge in [-0.3, -0.25) is 4.79 Å². The van der Waals surface area contributed by atoms with Crippen LogP contribution in [0.2, 0.25) is 0 Å². The van der Waals surface area contributed by atoms with Gasteiger partial charge in [-0.15, -0.1) is 0 Å². The first-order valence-corrected chi connectivity index (χ1v) is 7.37. The maximum absolute atomic E-state index is 11.2. The third-order valence-electron chi connectivity index (χ3n) is 3.77. The van der Waals surface area contributed by atoms with E-state index in [1.165, 1.54) is 0 Å². The highest BCUT2D eigenvalue weighted by atomic mass is 16.7. The number of carbonyl (C=O) groups excluding carboxylic acids is 1. The Bertz CT molecular complexity index is 318. The van der Waals surface area contributed by atoms with Crippen molar-refractivity contribution in [3.8, 4) is 0 Å². The number of hydrogen-bond donors (Lipinski definition) is 0. The quantitative estimate of drug-likeness (QED) is 0.422. The van der Waals surface area contributed by atoms with Crippen molar-refractivity contribution >= 4 is 5.97 Å². The standard InChI is InChI=1S/C15H24O4/c1-2-17-14(16)6-4-3-5-13-7-9-15(10-8-13)18-11-12-19-15/h7,9,13H,2-6,8,10-12H2,1H3. The summed E-state index contributed by atoms with van der Waals surface area (Å²) in [6.45, 7) is 3.73. The third-order valence-corrected chi connectivity index (χ3v) is 3.77. The summed E-state index contributed by atoms with van der Waals surface area (Å²) >= 11 is 0. The second-order valence-electron chi connectivity index (χ2n) is 5.22. The lowest BCUT2D eigenvalue weighted by molar-refractivity contribution is -0.143. The Morgan fingerprint density at radius 1 is 1.37 bits per heavy atom. The predicted octanol–water partition coefficient (Wildman–Crippen LogP) is 2.82. The lowest BCUT2D eigenvalue weighted by Gasteiger charge is -2.30. The van der Waals surface area contributed by atoms with Gasteiger partial charge in [-0.25, -0.2) is 0 Å². The van der Waals surface area contributed by atoms with E-state index in [1.54, 1.807) is 0 Å². The lowest BCUT2D eigenvalue weighted by atomic mass is 9.88. The molecule has 0 radical (unpaired) electrons. The molecule has 0 N–H and O–H groups in total. The molecule has 0 aromatic rings. The van der Waals surface area contributed by atoms with E-state index in [9.17, 15) is 4.79 Å². The maximum Gasteiger partial charge on any atom is 0.305 e. The zero-order valence-electron chi connectivity index (χ0n) is 11.7. The summed E-state index contributed by atoms with van der Waals surface area (Å²) < 4.78 is 16.2. The molecule has 1 saturated heterocycles. The Kier molecular flexibility index (Phi) is 5.40. The molecular formula is C15H24O4.